The van der Waals surface area contributed by atoms with Crippen molar-refractivity contribution in [3.05, 3.63) is 44.5 Å². The topological polar surface area (TPSA) is 197 Å². The lowest BCUT2D eigenvalue weighted by molar-refractivity contribution is -0.396. The number of hydrogen-bond acceptors (Lipinski definition) is 10. The molecule has 0 spiro atoms. The van der Waals surface area contributed by atoms with Crippen molar-refractivity contribution < 1.29 is 29.5 Å². The first-order valence-corrected chi connectivity index (χ1v) is 6.74. The van der Waals surface area contributed by atoms with Gasteiger partial charge in [-0.3, -0.25) is 20.2 Å². The Bertz CT molecular complexity index is 782. The molecule has 0 saturated carbocycles. The zero-order chi connectivity index (χ0) is 20.0. The first-order chi connectivity index (χ1) is 12.1. The van der Waals surface area contributed by atoms with Crippen molar-refractivity contribution >= 4 is 22.7 Å². The highest BCUT2D eigenvalue weighted by atomic mass is 16.6. The van der Waals surface area contributed by atoms with Gasteiger partial charge in [-0.25, -0.2) is 0 Å². The molecule has 6 N–H and O–H groups in total. The number of nitrogens with two attached hydrogens (primary N) is 2. The Morgan fingerprint density at radius 3 is 1.46 bits per heavy atom. The average molecular weight is 368 g/mol. The zero-order valence-corrected chi connectivity index (χ0v) is 13.7. The quantitative estimate of drug-likeness (QED) is 0.267. The second kappa shape index (κ2) is 8.23. The smallest absolute Gasteiger partial charge is 0.321 e. The molecule has 0 bridgehead atoms. The Balaban J connectivity index is 0.000000273. The lowest BCUT2D eigenvalue weighted by Gasteiger charge is -2.05. The fraction of sp³-hybridized carbons (Fsp3) is 0.143. The van der Waals surface area contributed by atoms with Gasteiger partial charge in [0.05, 0.1) is 47.6 Å². The lowest BCUT2D eigenvalue weighted by Crippen LogP contribution is -1.95. The predicted octanol–water partition coefficient (Wildman–Crippen LogP) is 1.78. The summed E-state index contributed by atoms with van der Waals surface area (Å²) in [6, 6.07) is 4.82. The number of aromatic hydroxyl groups is 2. The average Bonchev–Trinajstić information content (AvgIpc) is 2.59. The van der Waals surface area contributed by atoms with E-state index in [4.69, 9.17) is 21.3 Å². The van der Waals surface area contributed by atoms with Gasteiger partial charge in [0.1, 0.15) is 11.5 Å². The summed E-state index contributed by atoms with van der Waals surface area (Å²) in [6.45, 7) is 0. The van der Waals surface area contributed by atoms with Gasteiger partial charge < -0.3 is 31.2 Å². The summed E-state index contributed by atoms with van der Waals surface area (Å²) in [7, 11) is 2.71. The number of anilines is 2. The van der Waals surface area contributed by atoms with Gasteiger partial charge in [-0.15, -0.1) is 0 Å². The van der Waals surface area contributed by atoms with Crippen LogP contribution < -0.4 is 20.9 Å². The Kier molecular flexibility index (Phi) is 6.36. The van der Waals surface area contributed by atoms with Crippen LogP contribution in [-0.2, 0) is 0 Å². The van der Waals surface area contributed by atoms with E-state index in [9.17, 15) is 25.3 Å². The number of nitrogen functional groups attached to an aromatic ring is 2. The SMILES string of the molecule is COc1cc(N)c(O)c(N)c1.COc1cc([N+](=O)[O-])c(O)c([N+](=O)[O-])c1. The number of nitrogens with zero attached hydrogens (tertiary/aromatic N) is 2. The molecule has 12 heteroatoms. The molecule has 0 unspecified atom stereocenters. The summed E-state index contributed by atoms with van der Waals surface area (Å²) in [4.78, 5) is 19.0. The molecular formula is C14H16N4O8. The summed E-state index contributed by atoms with van der Waals surface area (Å²) in [5.41, 5.74) is 9.70. The first-order valence-electron chi connectivity index (χ1n) is 6.74. The summed E-state index contributed by atoms with van der Waals surface area (Å²) in [5, 5.41) is 39.2. The van der Waals surface area contributed by atoms with Gasteiger partial charge >= 0.3 is 11.4 Å². The van der Waals surface area contributed by atoms with Crippen LogP contribution in [0.2, 0.25) is 0 Å². The predicted molar refractivity (Wildman–Crippen MR) is 91.5 cm³/mol. The third-order valence-electron chi connectivity index (χ3n) is 3.05. The minimum atomic E-state index is -0.981. The van der Waals surface area contributed by atoms with Crippen LogP contribution in [-0.4, -0.2) is 34.3 Å². The third-order valence-corrected chi connectivity index (χ3v) is 3.05. The Hall–Kier alpha value is -3.96. The highest BCUT2D eigenvalue weighted by Crippen LogP contribution is 2.39. The standard InChI is InChI=1S/C7H6N2O6.C7H10N2O2/c1-15-4-2-5(8(11)12)7(10)6(3-4)9(13)14;1-11-4-2-5(8)7(10)6(9)3-4/h2-3,10H,1H3;2-3,10H,8-9H2,1H3. The molecule has 0 heterocycles. The highest BCUT2D eigenvalue weighted by Gasteiger charge is 2.26. The van der Waals surface area contributed by atoms with E-state index in [-0.39, 0.29) is 22.9 Å². The number of methoxy groups -OCH3 is 2. The molecule has 0 aromatic heterocycles. The van der Waals surface area contributed by atoms with E-state index in [0.717, 1.165) is 12.1 Å². The number of hydrogen-bond donors (Lipinski definition) is 4. The van der Waals surface area contributed by atoms with Crippen molar-refractivity contribution in [1.82, 2.24) is 0 Å². The molecule has 0 saturated heterocycles. The maximum absolute atomic E-state index is 10.4. The van der Waals surface area contributed by atoms with Crippen LogP contribution in [0.4, 0.5) is 22.7 Å². The Morgan fingerprint density at radius 2 is 1.15 bits per heavy atom. The Labute approximate surface area is 146 Å². The second-order valence-corrected chi connectivity index (χ2v) is 4.68. The van der Waals surface area contributed by atoms with Gasteiger partial charge in [-0.1, -0.05) is 0 Å². The maximum Gasteiger partial charge on any atom is 0.321 e. The van der Waals surface area contributed by atoms with Gasteiger partial charge in [0.25, 0.3) is 5.75 Å². The molecule has 0 amide bonds. The molecule has 0 aliphatic carbocycles. The van der Waals surface area contributed by atoms with Crippen LogP contribution in [0, 0.1) is 20.2 Å². The van der Waals surface area contributed by atoms with Crippen LogP contribution in [0.15, 0.2) is 24.3 Å². The third kappa shape index (κ3) is 4.53. The summed E-state index contributed by atoms with van der Waals surface area (Å²) < 4.78 is 9.49. The minimum Gasteiger partial charge on any atom is -0.504 e. The number of rotatable bonds is 4. The van der Waals surface area contributed by atoms with Gasteiger partial charge in [0.2, 0.25) is 0 Å². The molecule has 2 aromatic rings. The number of nitro benzene ring substituents is 2. The summed E-state index contributed by atoms with van der Waals surface area (Å²) >= 11 is 0. The Morgan fingerprint density at radius 1 is 0.808 bits per heavy atom. The lowest BCUT2D eigenvalue weighted by atomic mass is 10.2. The van der Waals surface area contributed by atoms with Crippen LogP contribution in [0.5, 0.6) is 23.0 Å². The fourth-order valence-corrected chi connectivity index (χ4v) is 1.74. The maximum atomic E-state index is 10.4. The van der Waals surface area contributed by atoms with E-state index < -0.39 is 27.0 Å². The summed E-state index contributed by atoms with van der Waals surface area (Å²) in [6.07, 6.45) is 0. The van der Waals surface area contributed by atoms with E-state index in [0.29, 0.717) is 5.75 Å². The number of benzene rings is 2. The monoisotopic (exact) mass is 368 g/mol. The van der Waals surface area contributed by atoms with Crippen LogP contribution >= 0.6 is 0 Å². The van der Waals surface area contributed by atoms with Crippen LogP contribution in [0.25, 0.3) is 0 Å². The van der Waals surface area contributed by atoms with Crippen molar-refractivity contribution in [3.8, 4) is 23.0 Å². The molecule has 0 fully saturated rings. The number of ether oxygens (including phenoxy) is 2. The van der Waals surface area contributed by atoms with E-state index >= 15 is 0 Å². The van der Waals surface area contributed by atoms with Gasteiger partial charge in [0.15, 0.2) is 5.75 Å². The zero-order valence-electron chi connectivity index (χ0n) is 13.7. The van der Waals surface area contributed by atoms with Crippen LogP contribution in [0.1, 0.15) is 0 Å². The molecule has 0 atom stereocenters. The van der Waals surface area contributed by atoms with Crippen molar-refractivity contribution in [1.29, 1.82) is 0 Å². The molecule has 26 heavy (non-hydrogen) atoms. The molecule has 0 aliphatic heterocycles. The molecule has 140 valence electrons. The number of phenolic OH excluding ortho intramolecular Hbond substituents is 2. The highest BCUT2D eigenvalue weighted by molar-refractivity contribution is 5.69. The van der Waals surface area contributed by atoms with Gasteiger partial charge in [-0.05, 0) is 0 Å². The molecule has 2 rings (SSSR count). The molecule has 2 aromatic carbocycles. The van der Waals surface area contributed by atoms with Gasteiger partial charge in [0, 0.05) is 12.1 Å². The molecule has 0 aliphatic rings. The number of phenols is 2. The van der Waals surface area contributed by atoms with E-state index in [1.165, 1.54) is 26.4 Å². The van der Waals surface area contributed by atoms with Gasteiger partial charge in [-0.2, -0.15) is 0 Å². The van der Waals surface area contributed by atoms with Crippen molar-refractivity contribution in [2.24, 2.45) is 0 Å². The molecule has 0 radical (unpaired) electrons. The minimum absolute atomic E-state index is 0.0637. The molecule has 12 nitrogen and oxygen atoms in total. The van der Waals surface area contributed by atoms with Crippen molar-refractivity contribution in [2.45, 2.75) is 0 Å². The molecular weight excluding hydrogens is 352 g/mol. The number of nitro groups is 2. The van der Waals surface area contributed by atoms with E-state index in [1.807, 2.05) is 0 Å². The first kappa shape index (κ1) is 20.1. The van der Waals surface area contributed by atoms with Crippen LogP contribution in [0.3, 0.4) is 0 Å². The second-order valence-electron chi connectivity index (χ2n) is 4.68. The van der Waals surface area contributed by atoms with Crippen molar-refractivity contribution in [3.63, 3.8) is 0 Å². The summed E-state index contributed by atoms with van der Waals surface area (Å²) in [5.74, 6) is -0.597. The van der Waals surface area contributed by atoms with Crippen molar-refractivity contribution in [2.75, 3.05) is 25.7 Å². The fourth-order valence-electron chi connectivity index (χ4n) is 1.74. The van der Waals surface area contributed by atoms with E-state index in [2.05, 4.69) is 4.74 Å². The van der Waals surface area contributed by atoms with E-state index in [1.54, 1.807) is 0 Å². The normalized spacial score (nSPS) is 9.62. The largest absolute Gasteiger partial charge is 0.504 e.